The van der Waals surface area contributed by atoms with Crippen LogP contribution >= 0.6 is 0 Å². The fraction of sp³-hybridized carbons (Fsp3) is 0.474. The standard InChI is InChI=1S/C19H19FN4O6/c1-8-6-24-13-4-14-11(12(7-25)23-30-14)3-10(13)5-18(19(24,20)9(2)29-8)15(26)21-17(28)22-16(18)27/h3-4,8-9,25H,5-7H2,1-2H3,(H2,21,22,26,27,28). The van der Waals surface area contributed by atoms with Crippen molar-refractivity contribution >= 4 is 34.5 Å². The number of barbiturate groups is 1. The van der Waals surface area contributed by atoms with E-state index in [9.17, 15) is 19.5 Å². The average Bonchev–Trinajstić information content (AvgIpc) is 3.08. The molecule has 158 valence electrons. The first-order valence-electron chi connectivity index (χ1n) is 9.53. The number of imide groups is 2. The van der Waals surface area contributed by atoms with Gasteiger partial charge in [0.1, 0.15) is 11.8 Å². The SMILES string of the molecule is CC1CN2c3cc4onc(CO)c4cc3CC3(C(=O)NC(=O)NC3=O)C2(F)C(C)O1. The molecule has 3 aliphatic rings. The zero-order chi connectivity index (χ0) is 21.4. The average molecular weight is 418 g/mol. The van der Waals surface area contributed by atoms with Crippen LogP contribution in [-0.2, 0) is 27.4 Å². The van der Waals surface area contributed by atoms with Gasteiger partial charge in [0.05, 0.1) is 12.7 Å². The molecule has 4 heterocycles. The van der Waals surface area contributed by atoms with Crippen molar-refractivity contribution in [2.75, 3.05) is 11.4 Å². The van der Waals surface area contributed by atoms with Crippen LogP contribution < -0.4 is 15.5 Å². The number of halogens is 1. The lowest BCUT2D eigenvalue weighted by Gasteiger charge is -2.58. The number of aliphatic hydroxyl groups is 1. The molecule has 2 fully saturated rings. The van der Waals surface area contributed by atoms with Crippen molar-refractivity contribution in [3.8, 4) is 0 Å². The molecule has 1 spiro atoms. The molecule has 3 unspecified atom stereocenters. The second-order valence-corrected chi connectivity index (χ2v) is 7.96. The molecule has 11 heteroatoms. The highest BCUT2D eigenvalue weighted by Gasteiger charge is 2.73. The van der Waals surface area contributed by atoms with Gasteiger partial charge in [-0.05, 0) is 25.5 Å². The van der Waals surface area contributed by atoms with Gasteiger partial charge in [0.2, 0.25) is 17.6 Å². The predicted octanol–water partition coefficient (Wildman–Crippen LogP) is 0.508. The molecule has 30 heavy (non-hydrogen) atoms. The second-order valence-electron chi connectivity index (χ2n) is 7.96. The molecular weight excluding hydrogens is 399 g/mol. The normalized spacial score (nSPS) is 30.1. The highest BCUT2D eigenvalue weighted by molar-refractivity contribution is 6.21. The first kappa shape index (κ1) is 18.9. The van der Waals surface area contributed by atoms with Crippen molar-refractivity contribution < 1.29 is 33.1 Å². The van der Waals surface area contributed by atoms with Crippen molar-refractivity contribution in [3.05, 3.63) is 23.4 Å². The van der Waals surface area contributed by atoms with E-state index in [0.29, 0.717) is 22.2 Å². The Morgan fingerprint density at radius 2 is 1.97 bits per heavy atom. The van der Waals surface area contributed by atoms with Gasteiger partial charge in [-0.25, -0.2) is 9.18 Å². The highest BCUT2D eigenvalue weighted by atomic mass is 19.1. The number of carbonyl (C=O) groups is 3. The molecule has 2 aromatic rings. The lowest BCUT2D eigenvalue weighted by molar-refractivity contribution is -0.189. The Labute approximate surface area is 169 Å². The summed E-state index contributed by atoms with van der Waals surface area (Å²) in [6.07, 6.45) is -1.85. The summed E-state index contributed by atoms with van der Waals surface area (Å²) in [6, 6.07) is 2.23. The molecule has 1 aromatic heterocycles. The smallest absolute Gasteiger partial charge is 0.328 e. The molecular formula is C19H19FN4O6. The molecule has 10 nitrogen and oxygen atoms in total. The van der Waals surface area contributed by atoms with Crippen LogP contribution in [0.4, 0.5) is 14.9 Å². The molecule has 2 saturated heterocycles. The molecule has 0 aliphatic carbocycles. The third kappa shape index (κ3) is 2.13. The van der Waals surface area contributed by atoms with Crippen LogP contribution in [0.15, 0.2) is 16.7 Å². The lowest BCUT2D eigenvalue weighted by Crippen LogP contribution is -2.80. The van der Waals surface area contributed by atoms with E-state index in [0.717, 1.165) is 0 Å². The summed E-state index contributed by atoms with van der Waals surface area (Å²) in [7, 11) is 0. The Balaban J connectivity index is 1.80. The minimum atomic E-state index is -2.56. The number of nitrogens with one attached hydrogen (secondary N) is 2. The number of aliphatic hydroxyl groups excluding tert-OH is 1. The minimum absolute atomic E-state index is 0.0661. The van der Waals surface area contributed by atoms with Gasteiger partial charge in [-0.1, -0.05) is 5.16 Å². The topological polar surface area (TPSA) is 134 Å². The maximum Gasteiger partial charge on any atom is 0.328 e. The number of alkyl halides is 1. The summed E-state index contributed by atoms with van der Waals surface area (Å²) in [6.45, 7) is 2.92. The number of amides is 4. The van der Waals surface area contributed by atoms with Gasteiger partial charge in [0.25, 0.3) is 0 Å². The first-order chi connectivity index (χ1) is 14.2. The molecule has 5 rings (SSSR count). The number of urea groups is 1. The van der Waals surface area contributed by atoms with E-state index in [2.05, 4.69) is 5.16 Å². The van der Waals surface area contributed by atoms with E-state index in [4.69, 9.17) is 9.26 Å². The van der Waals surface area contributed by atoms with Crippen LogP contribution in [0.3, 0.4) is 0 Å². The van der Waals surface area contributed by atoms with Gasteiger partial charge in [0, 0.05) is 30.1 Å². The number of ether oxygens (including phenoxy) is 1. The monoisotopic (exact) mass is 418 g/mol. The number of fused-ring (bicyclic) bond motifs is 5. The summed E-state index contributed by atoms with van der Waals surface area (Å²) in [5.74, 6) is -4.60. The van der Waals surface area contributed by atoms with E-state index >= 15 is 4.39 Å². The number of hydrogen-bond acceptors (Lipinski definition) is 8. The third-order valence-corrected chi connectivity index (χ3v) is 6.28. The van der Waals surface area contributed by atoms with Crippen LogP contribution in [0.25, 0.3) is 11.0 Å². The predicted molar refractivity (Wildman–Crippen MR) is 98.9 cm³/mol. The summed E-state index contributed by atoms with van der Waals surface area (Å²) in [5, 5.41) is 17.9. The van der Waals surface area contributed by atoms with Gasteiger partial charge < -0.3 is 19.3 Å². The summed E-state index contributed by atoms with van der Waals surface area (Å²) in [5.41, 5.74) is -0.686. The highest BCUT2D eigenvalue weighted by Crippen LogP contribution is 2.55. The van der Waals surface area contributed by atoms with Crippen molar-refractivity contribution in [2.24, 2.45) is 5.41 Å². The fourth-order valence-corrected chi connectivity index (χ4v) is 4.96. The van der Waals surface area contributed by atoms with Crippen molar-refractivity contribution in [2.45, 2.75) is 44.9 Å². The number of rotatable bonds is 1. The Kier molecular flexibility index (Phi) is 3.78. The number of carbonyl (C=O) groups excluding carboxylic acids is 3. The molecule has 0 saturated carbocycles. The molecule has 0 radical (unpaired) electrons. The second kappa shape index (κ2) is 5.99. The largest absolute Gasteiger partial charge is 0.390 e. The van der Waals surface area contributed by atoms with E-state index in [1.807, 2.05) is 10.6 Å². The van der Waals surface area contributed by atoms with E-state index in [1.165, 1.54) is 11.8 Å². The van der Waals surface area contributed by atoms with Gasteiger partial charge in [-0.15, -0.1) is 0 Å². The van der Waals surface area contributed by atoms with E-state index < -0.39 is 35.2 Å². The zero-order valence-electron chi connectivity index (χ0n) is 16.2. The quantitative estimate of drug-likeness (QED) is 0.451. The molecule has 0 bridgehead atoms. The minimum Gasteiger partial charge on any atom is -0.390 e. The van der Waals surface area contributed by atoms with Crippen molar-refractivity contribution in [1.29, 1.82) is 0 Å². The van der Waals surface area contributed by atoms with Crippen LogP contribution in [0.2, 0.25) is 0 Å². The molecule has 1 aromatic carbocycles. The van der Waals surface area contributed by atoms with Gasteiger partial charge >= 0.3 is 6.03 Å². The molecule has 3 aliphatic heterocycles. The maximum atomic E-state index is 17.0. The van der Waals surface area contributed by atoms with Crippen LogP contribution in [-0.4, -0.2) is 52.7 Å². The van der Waals surface area contributed by atoms with Crippen molar-refractivity contribution in [1.82, 2.24) is 15.8 Å². The van der Waals surface area contributed by atoms with Gasteiger partial charge in [-0.3, -0.25) is 20.2 Å². The summed E-state index contributed by atoms with van der Waals surface area (Å²) < 4.78 is 28.0. The maximum absolute atomic E-state index is 17.0. The Hall–Kier alpha value is -3.05. The Morgan fingerprint density at radius 1 is 1.27 bits per heavy atom. The summed E-state index contributed by atoms with van der Waals surface area (Å²) in [4.78, 5) is 39.1. The first-order valence-corrected chi connectivity index (χ1v) is 9.53. The van der Waals surface area contributed by atoms with Crippen LogP contribution in [0.5, 0.6) is 0 Å². The van der Waals surface area contributed by atoms with E-state index in [-0.39, 0.29) is 31.4 Å². The summed E-state index contributed by atoms with van der Waals surface area (Å²) >= 11 is 0. The number of nitrogens with zero attached hydrogens (tertiary/aromatic N) is 2. The Bertz CT molecular complexity index is 1100. The molecule has 3 N–H and O–H groups in total. The third-order valence-electron chi connectivity index (χ3n) is 6.28. The zero-order valence-corrected chi connectivity index (χ0v) is 16.2. The van der Waals surface area contributed by atoms with Gasteiger partial charge in [0.15, 0.2) is 11.0 Å². The van der Waals surface area contributed by atoms with Crippen LogP contribution in [0, 0.1) is 5.41 Å². The molecule has 3 atom stereocenters. The number of aromatic nitrogens is 1. The van der Waals surface area contributed by atoms with Crippen LogP contribution in [0.1, 0.15) is 25.1 Å². The Morgan fingerprint density at radius 3 is 2.63 bits per heavy atom. The lowest BCUT2D eigenvalue weighted by atomic mass is 9.64. The van der Waals surface area contributed by atoms with E-state index in [1.54, 1.807) is 19.1 Å². The fourth-order valence-electron chi connectivity index (χ4n) is 4.96. The van der Waals surface area contributed by atoms with Crippen molar-refractivity contribution in [3.63, 3.8) is 0 Å². The number of anilines is 1. The number of hydrogen-bond donors (Lipinski definition) is 3. The molecule has 4 amide bonds. The number of morpholine rings is 1. The number of benzene rings is 1. The van der Waals surface area contributed by atoms with Gasteiger partial charge in [-0.2, -0.15) is 0 Å².